The summed E-state index contributed by atoms with van der Waals surface area (Å²) in [5.74, 6) is 0.971. The van der Waals surface area contributed by atoms with Crippen molar-refractivity contribution in [1.29, 1.82) is 0 Å². The van der Waals surface area contributed by atoms with Gasteiger partial charge in [-0.3, -0.25) is 4.90 Å². The van der Waals surface area contributed by atoms with Crippen LogP contribution in [0.2, 0.25) is 0 Å². The van der Waals surface area contributed by atoms with Gasteiger partial charge in [-0.15, -0.1) is 0 Å². The summed E-state index contributed by atoms with van der Waals surface area (Å²) in [6.07, 6.45) is 1.52. The molecule has 2 atom stereocenters. The average molecular weight is 367 g/mol. The molecule has 1 saturated heterocycles. The van der Waals surface area contributed by atoms with Crippen molar-refractivity contribution in [2.75, 3.05) is 20.8 Å². The van der Waals surface area contributed by atoms with Crippen LogP contribution in [-0.2, 0) is 6.54 Å². The number of hydrogen-bond acceptors (Lipinski definition) is 4. The molecule has 0 radical (unpaired) electrons. The van der Waals surface area contributed by atoms with E-state index in [1.807, 2.05) is 12.1 Å². The fraction of sp³-hybridized carbons (Fsp3) is 0.364. The molecule has 3 aromatic carbocycles. The van der Waals surface area contributed by atoms with Crippen LogP contribution in [0.1, 0.15) is 30.1 Å². The van der Waals surface area contributed by atoms with Gasteiger partial charge in [-0.2, -0.15) is 0 Å². The van der Waals surface area contributed by atoms with Crippen molar-refractivity contribution in [3.63, 3.8) is 0 Å². The molecule has 1 N–H and O–H groups in total. The Balaban J connectivity index is 1.93. The van der Waals surface area contributed by atoms with Gasteiger partial charge in [0.1, 0.15) is 5.82 Å². The van der Waals surface area contributed by atoms with Crippen LogP contribution in [-0.4, -0.2) is 36.8 Å². The molecule has 5 rings (SSSR count). The Labute approximate surface area is 157 Å². The number of benzene rings is 3. The number of hydrogen-bond donors (Lipinski definition) is 1. The summed E-state index contributed by atoms with van der Waals surface area (Å²) in [5.41, 5.74) is 2.04. The van der Waals surface area contributed by atoms with Crippen molar-refractivity contribution < 1.29 is 19.0 Å². The molecule has 0 bridgehead atoms. The topological polar surface area (TPSA) is 41.9 Å². The molecule has 2 heterocycles. The van der Waals surface area contributed by atoms with Crippen molar-refractivity contribution in [2.24, 2.45) is 0 Å². The Bertz CT molecular complexity index is 1060. The summed E-state index contributed by atoms with van der Waals surface area (Å²) in [5, 5.41) is 14.8. The van der Waals surface area contributed by atoms with Crippen LogP contribution in [0.4, 0.5) is 4.39 Å². The molecule has 0 spiro atoms. The van der Waals surface area contributed by atoms with E-state index in [9.17, 15) is 9.50 Å². The first kappa shape index (κ1) is 16.8. The second kappa shape index (κ2) is 6.08. The van der Waals surface area contributed by atoms with Gasteiger partial charge in [-0.25, -0.2) is 4.39 Å². The van der Waals surface area contributed by atoms with E-state index < -0.39 is 6.10 Å². The van der Waals surface area contributed by atoms with Gasteiger partial charge in [0.25, 0.3) is 0 Å². The minimum atomic E-state index is -0.568. The maximum absolute atomic E-state index is 14.1. The molecule has 140 valence electrons. The minimum absolute atomic E-state index is 0.142. The third-order valence-electron chi connectivity index (χ3n) is 6.17. The van der Waals surface area contributed by atoms with Crippen molar-refractivity contribution in [2.45, 2.75) is 31.5 Å². The molecule has 3 aromatic rings. The molecule has 0 saturated carbocycles. The van der Waals surface area contributed by atoms with E-state index in [0.717, 1.165) is 58.6 Å². The molecule has 2 aliphatic heterocycles. The van der Waals surface area contributed by atoms with Crippen LogP contribution < -0.4 is 9.47 Å². The number of ether oxygens (including phenoxy) is 2. The van der Waals surface area contributed by atoms with E-state index in [-0.39, 0.29) is 11.9 Å². The van der Waals surface area contributed by atoms with E-state index in [4.69, 9.17) is 9.47 Å². The Hall–Kier alpha value is -2.37. The van der Waals surface area contributed by atoms with Crippen molar-refractivity contribution in [3.05, 3.63) is 47.3 Å². The number of nitrogens with zero attached hydrogens (tertiary/aromatic N) is 1. The van der Waals surface area contributed by atoms with Crippen LogP contribution in [0.25, 0.3) is 21.5 Å². The number of fused-ring (bicyclic) bond motifs is 7. The smallest absolute Gasteiger partial charge is 0.161 e. The first-order valence-electron chi connectivity index (χ1n) is 9.34. The molecule has 0 aromatic heterocycles. The molecule has 4 nitrogen and oxygen atoms in total. The average Bonchev–Trinajstić information content (AvgIpc) is 3.16. The number of aliphatic hydroxyl groups excluding tert-OH is 1. The van der Waals surface area contributed by atoms with Gasteiger partial charge in [0.2, 0.25) is 0 Å². The van der Waals surface area contributed by atoms with E-state index in [1.54, 1.807) is 26.4 Å². The number of methoxy groups -OCH3 is 2. The largest absolute Gasteiger partial charge is 0.493 e. The SMILES string of the molecule is COc1cc2c3c(c4ccc(F)cc4c2cc1OC)[C@H](O)[C@@H]1CCCN1C3. The Morgan fingerprint density at radius 3 is 2.44 bits per heavy atom. The molecule has 5 heteroatoms. The van der Waals surface area contributed by atoms with E-state index in [2.05, 4.69) is 4.90 Å². The van der Waals surface area contributed by atoms with Gasteiger partial charge in [0.15, 0.2) is 11.5 Å². The van der Waals surface area contributed by atoms with Gasteiger partial charge in [-0.05, 0) is 76.3 Å². The second-order valence-corrected chi connectivity index (χ2v) is 7.46. The molecule has 0 aliphatic carbocycles. The number of aliphatic hydroxyl groups is 1. The molecular formula is C22H22FNO3. The van der Waals surface area contributed by atoms with Gasteiger partial charge in [-0.1, -0.05) is 6.07 Å². The third kappa shape index (κ3) is 2.35. The highest BCUT2D eigenvalue weighted by molar-refractivity contribution is 6.12. The first-order valence-corrected chi connectivity index (χ1v) is 9.34. The van der Waals surface area contributed by atoms with Crippen LogP contribution in [0.5, 0.6) is 11.5 Å². The van der Waals surface area contributed by atoms with Gasteiger partial charge in [0.05, 0.1) is 20.3 Å². The summed E-state index contributed by atoms with van der Waals surface area (Å²) in [4.78, 5) is 2.36. The minimum Gasteiger partial charge on any atom is -0.493 e. The molecular weight excluding hydrogens is 345 g/mol. The zero-order valence-corrected chi connectivity index (χ0v) is 15.5. The lowest BCUT2D eigenvalue weighted by Gasteiger charge is -2.37. The zero-order chi connectivity index (χ0) is 18.7. The van der Waals surface area contributed by atoms with Gasteiger partial charge < -0.3 is 14.6 Å². The normalized spacial score (nSPS) is 22.1. The van der Waals surface area contributed by atoms with Crippen LogP contribution in [0, 0.1) is 5.82 Å². The van der Waals surface area contributed by atoms with E-state index >= 15 is 0 Å². The van der Waals surface area contributed by atoms with Crippen LogP contribution in [0.15, 0.2) is 30.3 Å². The third-order valence-corrected chi connectivity index (χ3v) is 6.17. The number of halogens is 1. The van der Waals surface area contributed by atoms with Crippen molar-refractivity contribution in [3.8, 4) is 11.5 Å². The molecule has 1 fully saturated rings. The predicted molar refractivity (Wildman–Crippen MR) is 103 cm³/mol. The van der Waals surface area contributed by atoms with E-state index in [0.29, 0.717) is 11.5 Å². The molecule has 0 unspecified atom stereocenters. The summed E-state index contributed by atoms with van der Waals surface area (Å²) in [7, 11) is 3.21. The van der Waals surface area contributed by atoms with Crippen LogP contribution >= 0.6 is 0 Å². The molecule has 2 aliphatic rings. The summed E-state index contributed by atoms with van der Waals surface area (Å²) >= 11 is 0. The van der Waals surface area contributed by atoms with E-state index in [1.165, 1.54) is 6.07 Å². The van der Waals surface area contributed by atoms with Gasteiger partial charge >= 0.3 is 0 Å². The Morgan fingerprint density at radius 2 is 1.70 bits per heavy atom. The quantitative estimate of drug-likeness (QED) is 0.691. The highest BCUT2D eigenvalue weighted by Crippen LogP contribution is 2.46. The fourth-order valence-electron chi connectivity index (χ4n) is 4.94. The first-order chi connectivity index (χ1) is 13.1. The number of rotatable bonds is 2. The highest BCUT2D eigenvalue weighted by Gasteiger charge is 2.39. The summed E-state index contributed by atoms with van der Waals surface area (Å²) in [6.45, 7) is 1.79. The monoisotopic (exact) mass is 367 g/mol. The summed E-state index contributed by atoms with van der Waals surface area (Å²) < 4.78 is 25.1. The lowest BCUT2D eigenvalue weighted by Crippen LogP contribution is -2.39. The maximum atomic E-state index is 14.1. The maximum Gasteiger partial charge on any atom is 0.161 e. The Kier molecular flexibility index (Phi) is 3.78. The lowest BCUT2D eigenvalue weighted by atomic mass is 9.83. The zero-order valence-electron chi connectivity index (χ0n) is 15.5. The summed E-state index contributed by atoms with van der Waals surface area (Å²) in [6, 6.07) is 8.84. The van der Waals surface area contributed by atoms with Crippen molar-refractivity contribution >= 4 is 21.5 Å². The van der Waals surface area contributed by atoms with Crippen molar-refractivity contribution in [1.82, 2.24) is 4.90 Å². The lowest BCUT2D eigenvalue weighted by molar-refractivity contribution is 0.0552. The molecule has 27 heavy (non-hydrogen) atoms. The fourth-order valence-corrected chi connectivity index (χ4v) is 4.94. The second-order valence-electron chi connectivity index (χ2n) is 7.46. The molecule has 0 amide bonds. The Morgan fingerprint density at radius 1 is 1.00 bits per heavy atom. The van der Waals surface area contributed by atoms with Crippen LogP contribution in [0.3, 0.4) is 0 Å². The standard InChI is InChI=1S/C22H22FNO3/c1-26-19-9-15-14-8-12(23)5-6-13(14)21-17(16(15)10-20(19)27-2)11-24-7-3-4-18(24)22(21)25/h5-6,8-10,18,22,25H,3-4,7,11H2,1-2H3/t18-,22+/m0/s1. The predicted octanol–water partition coefficient (Wildman–Crippen LogP) is 4.16. The van der Waals surface area contributed by atoms with Gasteiger partial charge in [0, 0.05) is 12.6 Å². The highest BCUT2D eigenvalue weighted by atomic mass is 19.1.